The summed E-state index contributed by atoms with van der Waals surface area (Å²) in [5.41, 5.74) is 8.58. The zero-order valence-corrected chi connectivity index (χ0v) is 15.1. The fourth-order valence-electron chi connectivity index (χ4n) is 1.96. The Morgan fingerprint density at radius 2 is 1.90 bits per heavy atom. The van der Waals surface area contributed by atoms with Crippen LogP contribution in [0.3, 0.4) is 0 Å². The third-order valence-electron chi connectivity index (χ3n) is 3.35. The molecule has 1 nitrogen and oxygen atoms in total. The molecule has 0 aliphatic carbocycles. The van der Waals surface area contributed by atoms with Crippen molar-refractivity contribution in [2.75, 3.05) is 0 Å². The molecule has 0 aromatic heterocycles. The van der Waals surface area contributed by atoms with Gasteiger partial charge in [0.15, 0.2) is 0 Å². The molecule has 21 heavy (non-hydrogen) atoms. The second-order valence-electron chi connectivity index (χ2n) is 5.04. The quantitative estimate of drug-likeness (QED) is 0.649. The molecule has 0 fully saturated rings. The average molecular weight is 385 g/mol. The van der Waals surface area contributed by atoms with E-state index < -0.39 is 0 Å². The van der Waals surface area contributed by atoms with Crippen LogP contribution in [-0.2, 0) is 12.2 Å². The molecule has 0 saturated heterocycles. The minimum atomic E-state index is 0.230. The van der Waals surface area contributed by atoms with Crippen molar-refractivity contribution in [3.05, 3.63) is 63.1 Å². The average Bonchev–Trinajstić information content (AvgIpc) is 2.49. The van der Waals surface area contributed by atoms with Gasteiger partial charge in [-0.05, 0) is 48.2 Å². The second-order valence-corrected chi connectivity index (χ2v) is 7.38. The summed E-state index contributed by atoms with van der Waals surface area (Å²) in [6, 6.07) is 14.8. The van der Waals surface area contributed by atoms with Crippen molar-refractivity contribution >= 4 is 39.3 Å². The smallest absolute Gasteiger partial charge is 0.0406 e. The second kappa shape index (κ2) is 8.23. The molecule has 0 amide bonds. The van der Waals surface area contributed by atoms with Crippen molar-refractivity contribution in [3.8, 4) is 0 Å². The van der Waals surface area contributed by atoms with E-state index >= 15 is 0 Å². The molecule has 0 aliphatic heterocycles. The first-order chi connectivity index (χ1) is 10.1. The third-order valence-corrected chi connectivity index (χ3v) is 5.40. The Morgan fingerprint density at radius 3 is 2.52 bits per heavy atom. The van der Waals surface area contributed by atoms with Gasteiger partial charge in [-0.2, -0.15) is 0 Å². The van der Waals surface area contributed by atoms with Crippen LogP contribution in [0.1, 0.15) is 24.5 Å². The summed E-state index contributed by atoms with van der Waals surface area (Å²) >= 11 is 11.4. The van der Waals surface area contributed by atoms with Crippen LogP contribution >= 0.6 is 39.3 Å². The Balaban J connectivity index is 1.98. The fraction of sp³-hybridized carbons (Fsp3) is 0.294. The van der Waals surface area contributed by atoms with Gasteiger partial charge in [0.25, 0.3) is 0 Å². The van der Waals surface area contributed by atoms with E-state index in [0.717, 1.165) is 28.1 Å². The van der Waals surface area contributed by atoms with Gasteiger partial charge in [-0.15, -0.1) is 11.8 Å². The van der Waals surface area contributed by atoms with Crippen molar-refractivity contribution < 1.29 is 0 Å². The van der Waals surface area contributed by atoms with Gasteiger partial charge in [-0.3, -0.25) is 0 Å². The number of benzene rings is 2. The molecule has 0 saturated carbocycles. The molecule has 0 bridgehead atoms. The Morgan fingerprint density at radius 1 is 1.19 bits per heavy atom. The Hall–Kier alpha value is -0.480. The third kappa shape index (κ3) is 5.33. The molecule has 1 atom stereocenters. The summed E-state index contributed by atoms with van der Waals surface area (Å²) in [5.74, 6) is 0.942. The largest absolute Gasteiger partial charge is 0.327 e. The van der Waals surface area contributed by atoms with E-state index in [4.69, 9.17) is 17.3 Å². The summed E-state index contributed by atoms with van der Waals surface area (Å²) in [4.78, 5) is 1.26. The standard InChI is InChI=1S/C17H19BrClNS/c1-2-15(20)9-13-5-8-16(10-17(13)18)21-11-12-3-6-14(19)7-4-12/h3-8,10,15H,2,9,11,20H2,1H3. The van der Waals surface area contributed by atoms with Crippen LogP contribution in [0.25, 0.3) is 0 Å². The number of nitrogens with two attached hydrogens (primary N) is 1. The predicted molar refractivity (Wildman–Crippen MR) is 97.1 cm³/mol. The lowest BCUT2D eigenvalue weighted by Gasteiger charge is -2.11. The van der Waals surface area contributed by atoms with Gasteiger partial charge in [0.1, 0.15) is 0 Å². The molecule has 1 unspecified atom stereocenters. The molecule has 0 heterocycles. The highest BCUT2D eigenvalue weighted by Crippen LogP contribution is 2.28. The van der Waals surface area contributed by atoms with Crippen LogP contribution in [0.5, 0.6) is 0 Å². The molecule has 0 radical (unpaired) electrons. The number of halogens is 2. The normalized spacial score (nSPS) is 12.4. The van der Waals surface area contributed by atoms with Crippen molar-refractivity contribution in [2.24, 2.45) is 5.73 Å². The van der Waals surface area contributed by atoms with E-state index in [2.05, 4.69) is 53.2 Å². The zero-order chi connectivity index (χ0) is 15.2. The lowest BCUT2D eigenvalue weighted by Crippen LogP contribution is -2.21. The molecule has 2 N–H and O–H groups in total. The van der Waals surface area contributed by atoms with Crippen molar-refractivity contribution in [1.29, 1.82) is 0 Å². The summed E-state index contributed by atoms with van der Waals surface area (Å²) < 4.78 is 1.15. The first kappa shape index (κ1) is 16.9. The minimum Gasteiger partial charge on any atom is -0.327 e. The SMILES string of the molecule is CCC(N)Cc1ccc(SCc2ccc(Cl)cc2)cc1Br. The molecule has 0 spiro atoms. The number of hydrogen-bond donors (Lipinski definition) is 1. The van der Waals surface area contributed by atoms with Crippen LogP contribution in [0, 0.1) is 0 Å². The maximum Gasteiger partial charge on any atom is 0.0406 e. The van der Waals surface area contributed by atoms with Crippen LogP contribution in [0.4, 0.5) is 0 Å². The first-order valence-electron chi connectivity index (χ1n) is 6.99. The van der Waals surface area contributed by atoms with E-state index in [-0.39, 0.29) is 6.04 Å². The van der Waals surface area contributed by atoms with E-state index in [1.807, 2.05) is 23.9 Å². The number of thioether (sulfide) groups is 1. The molecule has 2 rings (SSSR count). The Kier molecular flexibility index (Phi) is 6.62. The monoisotopic (exact) mass is 383 g/mol. The number of hydrogen-bond acceptors (Lipinski definition) is 2. The van der Waals surface area contributed by atoms with Gasteiger partial charge in [0, 0.05) is 26.2 Å². The Bertz CT molecular complexity index is 586. The highest BCUT2D eigenvalue weighted by molar-refractivity contribution is 9.10. The first-order valence-corrected chi connectivity index (χ1v) is 9.15. The van der Waals surface area contributed by atoms with Gasteiger partial charge in [0.05, 0.1) is 0 Å². The maximum atomic E-state index is 6.02. The van der Waals surface area contributed by atoms with Crippen LogP contribution in [0.2, 0.25) is 5.02 Å². The molecule has 112 valence electrons. The lowest BCUT2D eigenvalue weighted by molar-refractivity contribution is 0.645. The van der Waals surface area contributed by atoms with E-state index in [0.29, 0.717) is 0 Å². The molecule has 4 heteroatoms. The van der Waals surface area contributed by atoms with Crippen LogP contribution in [0.15, 0.2) is 51.8 Å². The lowest BCUT2D eigenvalue weighted by atomic mass is 10.1. The maximum absolute atomic E-state index is 6.02. The molecular formula is C17H19BrClNS. The molecule has 0 aliphatic rings. The van der Waals surface area contributed by atoms with Gasteiger partial charge < -0.3 is 5.73 Å². The fourth-order valence-corrected chi connectivity index (χ4v) is 3.67. The van der Waals surface area contributed by atoms with E-state index in [9.17, 15) is 0 Å². The van der Waals surface area contributed by atoms with Gasteiger partial charge in [-0.25, -0.2) is 0 Å². The van der Waals surface area contributed by atoms with E-state index in [1.54, 1.807) is 0 Å². The molecular weight excluding hydrogens is 366 g/mol. The minimum absolute atomic E-state index is 0.230. The van der Waals surface area contributed by atoms with E-state index in [1.165, 1.54) is 16.0 Å². The highest BCUT2D eigenvalue weighted by atomic mass is 79.9. The van der Waals surface area contributed by atoms with Crippen molar-refractivity contribution in [2.45, 2.75) is 36.5 Å². The van der Waals surface area contributed by atoms with Crippen LogP contribution < -0.4 is 5.73 Å². The highest BCUT2D eigenvalue weighted by Gasteiger charge is 2.06. The molecule has 2 aromatic carbocycles. The van der Waals surface area contributed by atoms with Gasteiger partial charge >= 0.3 is 0 Å². The zero-order valence-electron chi connectivity index (χ0n) is 12.0. The topological polar surface area (TPSA) is 26.0 Å². The Labute approximate surface area is 144 Å². The summed E-state index contributed by atoms with van der Waals surface area (Å²) in [6.07, 6.45) is 1.92. The predicted octanol–water partition coefficient (Wildman–Crippen LogP) is 5.67. The van der Waals surface area contributed by atoms with Crippen LogP contribution in [-0.4, -0.2) is 6.04 Å². The summed E-state index contributed by atoms with van der Waals surface area (Å²) in [6.45, 7) is 2.12. The summed E-state index contributed by atoms with van der Waals surface area (Å²) in [7, 11) is 0. The van der Waals surface area contributed by atoms with Crippen molar-refractivity contribution in [3.63, 3.8) is 0 Å². The van der Waals surface area contributed by atoms with Gasteiger partial charge in [0.2, 0.25) is 0 Å². The van der Waals surface area contributed by atoms with Crippen molar-refractivity contribution in [1.82, 2.24) is 0 Å². The number of rotatable bonds is 6. The summed E-state index contributed by atoms with van der Waals surface area (Å²) in [5, 5.41) is 0.781. The van der Waals surface area contributed by atoms with Gasteiger partial charge in [-0.1, -0.05) is 52.7 Å². The molecule has 2 aromatic rings.